The number of hydrogen-bond donors (Lipinski definition) is 0. The molecule has 0 saturated heterocycles. The maximum atomic E-state index is 8.70. The number of rotatable bonds is 5. The molecule has 1 heterocycles. The van der Waals surface area contributed by atoms with Gasteiger partial charge in [0.25, 0.3) is 0 Å². The van der Waals surface area contributed by atoms with Crippen LogP contribution in [0, 0.1) is 11.3 Å². The second-order valence-electron chi connectivity index (χ2n) is 3.59. The van der Waals surface area contributed by atoms with Crippen LogP contribution in [0.3, 0.4) is 0 Å². The fourth-order valence-electron chi connectivity index (χ4n) is 1.62. The van der Waals surface area contributed by atoms with E-state index in [-0.39, 0.29) is 0 Å². The molecule has 1 aromatic heterocycles. The van der Waals surface area contributed by atoms with Crippen LogP contribution in [-0.2, 0) is 6.54 Å². The van der Waals surface area contributed by atoms with E-state index in [1.807, 2.05) is 29.8 Å². The van der Waals surface area contributed by atoms with Crippen molar-refractivity contribution >= 4 is 17.0 Å². The molecule has 4 heteroatoms. The van der Waals surface area contributed by atoms with E-state index < -0.39 is 0 Å². The third kappa shape index (κ3) is 3.30. The summed E-state index contributed by atoms with van der Waals surface area (Å²) in [7, 11) is 0. The van der Waals surface area contributed by atoms with Gasteiger partial charge in [0.15, 0.2) is 0 Å². The van der Waals surface area contributed by atoms with Gasteiger partial charge in [-0.05, 0) is 12.1 Å². The van der Waals surface area contributed by atoms with E-state index in [9.17, 15) is 0 Å². The number of benzene rings is 1. The zero-order chi connectivity index (χ0) is 11.9. The number of thiazole rings is 1. The summed E-state index contributed by atoms with van der Waals surface area (Å²) in [6, 6.07) is 12.3. The van der Waals surface area contributed by atoms with Gasteiger partial charge in [0.2, 0.25) is 0 Å². The zero-order valence-electron chi connectivity index (χ0n) is 9.41. The highest BCUT2D eigenvalue weighted by atomic mass is 32.1. The SMILES string of the molecule is N#CCCN(Cc1nccs1)c1ccccc1. The van der Waals surface area contributed by atoms with Crippen LogP contribution in [0.2, 0.25) is 0 Å². The van der Waals surface area contributed by atoms with Gasteiger partial charge in [0.1, 0.15) is 5.01 Å². The summed E-state index contributed by atoms with van der Waals surface area (Å²) < 4.78 is 0. The highest BCUT2D eigenvalue weighted by Crippen LogP contribution is 2.17. The average molecular weight is 243 g/mol. The molecule has 0 saturated carbocycles. The van der Waals surface area contributed by atoms with Gasteiger partial charge in [0.05, 0.1) is 19.0 Å². The van der Waals surface area contributed by atoms with Gasteiger partial charge in [-0.1, -0.05) is 18.2 Å². The van der Waals surface area contributed by atoms with Crippen molar-refractivity contribution in [3.05, 3.63) is 46.9 Å². The molecule has 0 atom stereocenters. The van der Waals surface area contributed by atoms with E-state index in [4.69, 9.17) is 5.26 Å². The Morgan fingerprint density at radius 3 is 2.76 bits per heavy atom. The lowest BCUT2D eigenvalue weighted by Crippen LogP contribution is -2.23. The molecule has 1 aromatic carbocycles. The third-order valence-electron chi connectivity index (χ3n) is 2.42. The molecule has 2 aromatic rings. The van der Waals surface area contributed by atoms with Crippen LogP contribution in [0.4, 0.5) is 5.69 Å². The van der Waals surface area contributed by atoms with Crippen molar-refractivity contribution in [1.29, 1.82) is 5.26 Å². The molecule has 86 valence electrons. The quantitative estimate of drug-likeness (QED) is 0.810. The fraction of sp³-hybridized carbons (Fsp3) is 0.231. The highest BCUT2D eigenvalue weighted by molar-refractivity contribution is 7.09. The van der Waals surface area contributed by atoms with Crippen LogP contribution in [-0.4, -0.2) is 11.5 Å². The molecule has 0 amide bonds. The Kier molecular flexibility index (Phi) is 4.11. The smallest absolute Gasteiger partial charge is 0.112 e. The molecule has 0 radical (unpaired) electrons. The third-order valence-corrected chi connectivity index (χ3v) is 3.19. The Labute approximate surface area is 105 Å². The topological polar surface area (TPSA) is 39.9 Å². The Balaban J connectivity index is 2.11. The number of nitrogens with zero attached hydrogens (tertiary/aromatic N) is 3. The number of para-hydroxylation sites is 1. The van der Waals surface area contributed by atoms with Gasteiger partial charge in [-0.2, -0.15) is 5.26 Å². The van der Waals surface area contributed by atoms with Gasteiger partial charge in [0, 0.05) is 23.8 Å². The molecule has 0 spiro atoms. The van der Waals surface area contributed by atoms with E-state index in [1.54, 1.807) is 11.3 Å². The minimum absolute atomic E-state index is 0.528. The van der Waals surface area contributed by atoms with Gasteiger partial charge in [-0.3, -0.25) is 0 Å². The minimum atomic E-state index is 0.528. The van der Waals surface area contributed by atoms with Gasteiger partial charge >= 0.3 is 0 Å². The monoisotopic (exact) mass is 243 g/mol. The van der Waals surface area contributed by atoms with E-state index in [2.05, 4.69) is 28.1 Å². The molecule has 0 N–H and O–H groups in total. The van der Waals surface area contributed by atoms with Gasteiger partial charge < -0.3 is 4.90 Å². The van der Waals surface area contributed by atoms with Gasteiger partial charge in [-0.15, -0.1) is 11.3 Å². The summed E-state index contributed by atoms with van der Waals surface area (Å²) in [5, 5.41) is 11.7. The molecule has 0 bridgehead atoms. The lowest BCUT2D eigenvalue weighted by molar-refractivity contribution is 0.793. The van der Waals surface area contributed by atoms with Crippen molar-refractivity contribution in [2.24, 2.45) is 0 Å². The minimum Gasteiger partial charge on any atom is -0.364 e. The number of anilines is 1. The Morgan fingerprint density at radius 1 is 1.29 bits per heavy atom. The van der Waals surface area contributed by atoms with E-state index in [0.717, 1.165) is 23.8 Å². The summed E-state index contributed by atoms with van der Waals surface area (Å²) in [5.74, 6) is 0. The van der Waals surface area contributed by atoms with Crippen molar-refractivity contribution in [3.8, 4) is 6.07 Å². The lowest BCUT2D eigenvalue weighted by atomic mass is 10.2. The predicted octanol–water partition coefficient (Wildman–Crippen LogP) is 3.06. The molecule has 3 nitrogen and oxygen atoms in total. The summed E-state index contributed by atoms with van der Waals surface area (Å²) in [6.45, 7) is 1.50. The van der Waals surface area contributed by atoms with Crippen LogP contribution < -0.4 is 4.90 Å². The Bertz CT molecular complexity index is 473. The highest BCUT2D eigenvalue weighted by Gasteiger charge is 2.07. The first-order valence-electron chi connectivity index (χ1n) is 5.45. The number of nitriles is 1. The van der Waals surface area contributed by atoms with Crippen LogP contribution in [0.5, 0.6) is 0 Å². The molecule has 17 heavy (non-hydrogen) atoms. The molecule has 0 aliphatic heterocycles. The first kappa shape index (κ1) is 11.6. The van der Waals surface area contributed by atoms with Crippen molar-refractivity contribution in [2.45, 2.75) is 13.0 Å². The second kappa shape index (κ2) is 6.02. The van der Waals surface area contributed by atoms with Crippen molar-refractivity contribution in [3.63, 3.8) is 0 Å². The normalized spacial score (nSPS) is 9.82. The number of aromatic nitrogens is 1. The summed E-state index contributed by atoms with van der Waals surface area (Å²) in [6.07, 6.45) is 2.34. The van der Waals surface area contributed by atoms with Crippen molar-refractivity contribution in [2.75, 3.05) is 11.4 Å². The van der Waals surface area contributed by atoms with Crippen LogP contribution in [0.25, 0.3) is 0 Å². The maximum Gasteiger partial charge on any atom is 0.112 e. The summed E-state index contributed by atoms with van der Waals surface area (Å²) in [5.41, 5.74) is 1.14. The standard InChI is InChI=1S/C13H13N3S/c14-7-4-9-16(11-13-15-8-10-17-13)12-5-2-1-3-6-12/h1-3,5-6,8,10H,4,9,11H2. The molecule has 0 aliphatic rings. The van der Waals surface area contributed by atoms with Gasteiger partial charge in [-0.25, -0.2) is 4.98 Å². The van der Waals surface area contributed by atoms with E-state index in [1.165, 1.54) is 0 Å². The molecule has 2 rings (SSSR count). The molecular weight excluding hydrogens is 230 g/mol. The predicted molar refractivity (Wildman–Crippen MR) is 69.8 cm³/mol. The number of hydrogen-bond acceptors (Lipinski definition) is 4. The summed E-state index contributed by atoms with van der Waals surface area (Å²) in [4.78, 5) is 6.47. The Morgan fingerprint density at radius 2 is 2.12 bits per heavy atom. The van der Waals surface area contributed by atoms with Crippen molar-refractivity contribution < 1.29 is 0 Å². The van der Waals surface area contributed by atoms with Crippen molar-refractivity contribution in [1.82, 2.24) is 4.98 Å². The zero-order valence-corrected chi connectivity index (χ0v) is 10.2. The van der Waals surface area contributed by atoms with Crippen LogP contribution >= 0.6 is 11.3 Å². The average Bonchev–Trinajstić information content (AvgIpc) is 2.88. The molecule has 0 unspecified atom stereocenters. The molecule has 0 fully saturated rings. The molecule has 0 aliphatic carbocycles. The first-order chi connectivity index (χ1) is 8.40. The van der Waals surface area contributed by atoms with E-state index >= 15 is 0 Å². The summed E-state index contributed by atoms with van der Waals surface area (Å²) >= 11 is 1.64. The second-order valence-corrected chi connectivity index (χ2v) is 4.57. The van der Waals surface area contributed by atoms with Crippen LogP contribution in [0.15, 0.2) is 41.9 Å². The van der Waals surface area contributed by atoms with E-state index in [0.29, 0.717) is 6.42 Å². The fourth-order valence-corrected chi connectivity index (χ4v) is 2.25. The lowest BCUT2D eigenvalue weighted by Gasteiger charge is -2.22. The maximum absolute atomic E-state index is 8.70. The molecular formula is C13H13N3S. The Hall–Kier alpha value is -1.86. The van der Waals surface area contributed by atoms with Crippen LogP contribution in [0.1, 0.15) is 11.4 Å². The first-order valence-corrected chi connectivity index (χ1v) is 6.33. The largest absolute Gasteiger partial charge is 0.364 e.